The Bertz CT molecular complexity index is 876. The quantitative estimate of drug-likeness (QED) is 0.690. The number of fused-ring (bicyclic) bond motifs is 5. The van der Waals surface area contributed by atoms with Crippen molar-refractivity contribution in [3.63, 3.8) is 0 Å². The first-order valence-electron chi connectivity index (χ1n) is 7.67. The number of carbonyl (C=O) groups excluding carboxylic acids is 1. The molecule has 0 saturated heterocycles. The summed E-state index contributed by atoms with van der Waals surface area (Å²) in [6, 6.07) is 16.4. The number of nitrogens with one attached hydrogen (secondary N) is 2. The third-order valence-electron chi connectivity index (χ3n) is 4.45. The molecule has 1 aromatic heterocycles. The van der Waals surface area contributed by atoms with E-state index in [0.29, 0.717) is 11.6 Å². The minimum atomic E-state index is -0.0268. The lowest BCUT2D eigenvalue weighted by molar-refractivity contribution is 0.0924. The average Bonchev–Trinajstić information content (AvgIpc) is 2.86. The van der Waals surface area contributed by atoms with Crippen molar-refractivity contribution in [2.24, 2.45) is 5.92 Å². The number of hydrogen-bond donors (Lipinski definition) is 2. The van der Waals surface area contributed by atoms with Gasteiger partial charge in [0, 0.05) is 16.5 Å². The third-order valence-corrected chi connectivity index (χ3v) is 4.45. The first kappa shape index (κ1) is 13.1. The van der Waals surface area contributed by atoms with Crippen molar-refractivity contribution in [3.05, 3.63) is 59.8 Å². The molecule has 2 heterocycles. The summed E-state index contributed by atoms with van der Waals surface area (Å²) in [5.74, 6) is 0.307. The van der Waals surface area contributed by atoms with Crippen LogP contribution in [0, 0.1) is 5.92 Å². The van der Waals surface area contributed by atoms with E-state index in [1.54, 1.807) is 0 Å². The van der Waals surface area contributed by atoms with Crippen LogP contribution < -0.4 is 5.32 Å². The lowest BCUT2D eigenvalue weighted by Gasteiger charge is -2.22. The van der Waals surface area contributed by atoms with Crippen LogP contribution in [0.1, 0.15) is 35.9 Å². The van der Waals surface area contributed by atoms with Crippen molar-refractivity contribution >= 4 is 16.8 Å². The molecule has 2 N–H and O–H groups in total. The van der Waals surface area contributed by atoms with Gasteiger partial charge in [-0.1, -0.05) is 56.3 Å². The summed E-state index contributed by atoms with van der Waals surface area (Å²) in [4.78, 5) is 16.0. The van der Waals surface area contributed by atoms with Gasteiger partial charge in [0.2, 0.25) is 0 Å². The maximum atomic E-state index is 12.7. The molecular formula is C19H18N2O. The molecule has 0 aliphatic carbocycles. The monoisotopic (exact) mass is 290 g/mol. The summed E-state index contributed by atoms with van der Waals surface area (Å²) in [6.07, 6.45) is 0. The third kappa shape index (κ3) is 1.78. The Hall–Kier alpha value is -2.55. The number of benzene rings is 2. The molecule has 0 saturated carbocycles. The van der Waals surface area contributed by atoms with Crippen LogP contribution in [-0.2, 0) is 0 Å². The minimum absolute atomic E-state index is 0.0268. The molecule has 1 aliphatic rings. The Morgan fingerprint density at radius 1 is 1.00 bits per heavy atom. The summed E-state index contributed by atoms with van der Waals surface area (Å²) in [5.41, 5.74) is 5.02. The fourth-order valence-corrected chi connectivity index (χ4v) is 3.40. The van der Waals surface area contributed by atoms with Gasteiger partial charge in [-0.25, -0.2) is 0 Å². The van der Waals surface area contributed by atoms with Crippen LogP contribution in [0.25, 0.3) is 22.0 Å². The second kappa shape index (κ2) is 4.73. The SMILES string of the molecule is CC(C)C1NC(=O)c2[nH]c3ccccc3c2-c2ccccc21. The molecule has 1 atom stereocenters. The molecule has 0 spiro atoms. The number of aromatic nitrogens is 1. The van der Waals surface area contributed by atoms with Gasteiger partial charge in [0.05, 0.1) is 6.04 Å². The van der Waals surface area contributed by atoms with Crippen molar-refractivity contribution in [2.45, 2.75) is 19.9 Å². The minimum Gasteiger partial charge on any atom is -0.350 e. The van der Waals surface area contributed by atoms with E-state index in [1.165, 1.54) is 5.56 Å². The summed E-state index contributed by atoms with van der Waals surface area (Å²) in [7, 11) is 0. The molecule has 0 bridgehead atoms. The molecule has 22 heavy (non-hydrogen) atoms. The topological polar surface area (TPSA) is 44.9 Å². The highest BCUT2D eigenvalue weighted by atomic mass is 16.2. The van der Waals surface area contributed by atoms with Gasteiger partial charge in [-0.05, 0) is 23.1 Å². The largest absolute Gasteiger partial charge is 0.350 e. The Balaban J connectivity index is 2.10. The lowest BCUT2D eigenvalue weighted by atomic mass is 9.90. The predicted octanol–water partition coefficient (Wildman–Crippen LogP) is 4.28. The molecule has 3 nitrogen and oxygen atoms in total. The zero-order chi connectivity index (χ0) is 15.3. The highest BCUT2D eigenvalue weighted by molar-refractivity contribution is 6.11. The van der Waals surface area contributed by atoms with Crippen molar-refractivity contribution in [3.8, 4) is 11.1 Å². The van der Waals surface area contributed by atoms with Crippen molar-refractivity contribution in [1.29, 1.82) is 0 Å². The molecule has 1 aliphatic heterocycles. The second-order valence-corrected chi connectivity index (χ2v) is 6.20. The van der Waals surface area contributed by atoms with Gasteiger partial charge in [-0.15, -0.1) is 0 Å². The Morgan fingerprint density at radius 3 is 2.55 bits per heavy atom. The Kier molecular flexibility index (Phi) is 2.83. The van der Waals surface area contributed by atoms with Crippen LogP contribution in [0.15, 0.2) is 48.5 Å². The van der Waals surface area contributed by atoms with Crippen LogP contribution in [-0.4, -0.2) is 10.9 Å². The zero-order valence-electron chi connectivity index (χ0n) is 12.7. The fourth-order valence-electron chi connectivity index (χ4n) is 3.40. The van der Waals surface area contributed by atoms with Crippen LogP contribution in [0.3, 0.4) is 0 Å². The Labute approximate surface area is 129 Å². The molecule has 2 aromatic carbocycles. The number of carbonyl (C=O) groups is 1. The van der Waals surface area contributed by atoms with E-state index in [0.717, 1.165) is 22.0 Å². The standard InChI is InChI=1S/C19H18N2O/c1-11(2)17-13-8-4-3-7-12(13)16-14-9-5-6-10-15(14)20-18(16)19(22)21-17/h3-11,17,20H,1-2H3,(H,21,22). The second-order valence-electron chi connectivity index (χ2n) is 6.20. The van der Waals surface area contributed by atoms with E-state index in [4.69, 9.17) is 0 Å². The highest BCUT2D eigenvalue weighted by Gasteiger charge is 2.30. The van der Waals surface area contributed by atoms with E-state index < -0.39 is 0 Å². The highest BCUT2D eigenvalue weighted by Crippen LogP contribution is 2.40. The van der Waals surface area contributed by atoms with Crippen LogP contribution >= 0.6 is 0 Å². The van der Waals surface area contributed by atoms with E-state index >= 15 is 0 Å². The van der Waals surface area contributed by atoms with Gasteiger partial charge in [0.1, 0.15) is 5.69 Å². The van der Waals surface area contributed by atoms with Crippen molar-refractivity contribution < 1.29 is 4.79 Å². The summed E-state index contributed by atoms with van der Waals surface area (Å²) >= 11 is 0. The van der Waals surface area contributed by atoms with Crippen LogP contribution in [0.2, 0.25) is 0 Å². The van der Waals surface area contributed by atoms with Crippen molar-refractivity contribution in [2.75, 3.05) is 0 Å². The van der Waals surface area contributed by atoms with Gasteiger partial charge in [0.25, 0.3) is 5.91 Å². The first-order chi connectivity index (χ1) is 10.7. The molecular weight excluding hydrogens is 272 g/mol. The zero-order valence-corrected chi connectivity index (χ0v) is 12.7. The normalized spacial score (nSPS) is 17.0. The summed E-state index contributed by atoms with van der Waals surface area (Å²) in [6.45, 7) is 4.28. The molecule has 110 valence electrons. The number of rotatable bonds is 1. The number of amides is 1. The van der Waals surface area contributed by atoms with Gasteiger partial charge in [0.15, 0.2) is 0 Å². The fraction of sp³-hybridized carbons (Fsp3) is 0.211. The number of H-pyrrole nitrogens is 1. The number of para-hydroxylation sites is 1. The lowest BCUT2D eigenvalue weighted by Crippen LogP contribution is -2.30. The van der Waals surface area contributed by atoms with E-state index in [1.807, 2.05) is 30.3 Å². The molecule has 1 amide bonds. The smallest absolute Gasteiger partial charge is 0.268 e. The molecule has 1 unspecified atom stereocenters. The predicted molar refractivity (Wildman–Crippen MR) is 88.8 cm³/mol. The molecule has 4 rings (SSSR count). The maximum absolute atomic E-state index is 12.7. The van der Waals surface area contributed by atoms with Gasteiger partial charge in [-0.3, -0.25) is 4.79 Å². The van der Waals surface area contributed by atoms with Gasteiger partial charge in [-0.2, -0.15) is 0 Å². The van der Waals surface area contributed by atoms with E-state index in [-0.39, 0.29) is 11.9 Å². The average molecular weight is 290 g/mol. The summed E-state index contributed by atoms with van der Waals surface area (Å²) in [5, 5.41) is 4.28. The van der Waals surface area contributed by atoms with Crippen LogP contribution in [0.4, 0.5) is 0 Å². The number of hydrogen-bond acceptors (Lipinski definition) is 1. The molecule has 3 aromatic rings. The maximum Gasteiger partial charge on any atom is 0.268 e. The molecule has 0 radical (unpaired) electrons. The van der Waals surface area contributed by atoms with Gasteiger partial charge >= 0.3 is 0 Å². The van der Waals surface area contributed by atoms with Crippen molar-refractivity contribution in [1.82, 2.24) is 10.3 Å². The van der Waals surface area contributed by atoms with E-state index in [2.05, 4.69) is 42.3 Å². The molecule has 0 fully saturated rings. The molecule has 3 heteroatoms. The van der Waals surface area contributed by atoms with Crippen LogP contribution in [0.5, 0.6) is 0 Å². The first-order valence-corrected chi connectivity index (χ1v) is 7.67. The van der Waals surface area contributed by atoms with Gasteiger partial charge < -0.3 is 10.3 Å². The number of aromatic amines is 1. The Morgan fingerprint density at radius 2 is 1.73 bits per heavy atom. The van der Waals surface area contributed by atoms with E-state index in [9.17, 15) is 4.79 Å². The summed E-state index contributed by atoms with van der Waals surface area (Å²) < 4.78 is 0.